The van der Waals surface area contributed by atoms with E-state index in [1.807, 2.05) is 0 Å². The van der Waals surface area contributed by atoms with E-state index in [-0.39, 0.29) is 29.2 Å². The molecule has 8 heteroatoms. The van der Waals surface area contributed by atoms with Gasteiger partial charge in [0.05, 0.1) is 17.8 Å². The second-order valence-electron chi connectivity index (χ2n) is 3.85. The predicted octanol–water partition coefficient (Wildman–Crippen LogP) is 0.465. The lowest BCUT2D eigenvalue weighted by Gasteiger charge is -2.24. The summed E-state index contributed by atoms with van der Waals surface area (Å²) in [5.41, 5.74) is 0. The Hall–Kier alpha value is -0.630. The standard InChI is InChI=1S/C9H16ClN3O3S/c1-7(2)13(4-5-14)17(15,16)9-8(10)6-11-12(9)3/h6-7,14H,4-5H2,1-3H3. The number of hydrogen-bond donors (Lipinski definition) is 1. The van der Waals surface area contributed by atoms with Crippen LogP contribution in [0.4, 0.5) is 0 Å². The molecule has 1 rings (SSSR count). The number of nitrogens with zero attached hydrogens (tertiary/aromatic N) is 3. The van der Waals surface area contributed by atoms with Crippen molar-refractivity contribution in [2.45, 2.75) is 24.9 Å². The lowest BCUT2D eigenvalue weighted by molar-refractivity contribution is 0.236. The van der Waals surface area contributed by atoms with Crippen LogP contribution in [-0.2, 0) is 17.1 Å². The summed E-state index contributed by atoms with van der Waals surface area (Å²) in [6, 6.07) is -0.266. The molecule has 0 saturated heterocycles. The molecule has 0 unspecified atom stereocenters. The van der Waals surface area contributed by atoms with Crippen LogP contribution < -0.4 is 0 Å². The first-order chi connectivity index (χ1) is 7.82. The Balaban J connectivity index is 3.26. The van der Waals surface area contributed by atoms with Gasteiger partial charge < -0.3 is 5.11 Å². The highest BCUT2D eigenvalue weighted by molar-refractivity contribution is 7.89. The van der Waals surface area contributed by atoms with E-state index in [9.17, 15) is 8.42 Å². The molecule has 0 aliphatic carbocycles. The zero-order chi connectivity index (χ0) is 13.2. The third kappa shape index (κ3) is 2.79. The quantitative estimate of drug-likeness (QED) is 0.851. The first-order valence-corrected chi connectivity index (χ1v) is 6.94. The molecular weight excluding hydrogens is 266 g/mol. The molecule has 0 saturated carbocycles. The van der Waals surface area contributed by atoms with Crippen LogP contribution in [0.2, 0.25) is 5.02 Å². The Bertz CT molecular complexity index is 464. The largest absolute Gasteiger partial charge is 0.395 e. The van der Waals surface area contributed by atoms with Gasteiger partial charge in [0.1, 0.15) is 0 Å². The van der Waals surface area contributed by atoms with Crippen molar-refractivity contribution in [2.24, 2.45) is 7.05 Å². The summed E-state index contributed by atoms with van der Waals surface area (Å²) in [4.78, 5) is 0. The van der Waals surface area contributed by atoms with E-state index < -0.39 is 10.0 Å². The number of aryl methyl sites for hydroxylation is 1. The van der Waals surface area contributed by atoms with E-state index in [1.54, 1.807) is 13.8 Å². The van der Waals surface area contributed by atoms with Gasteiger partial charge in [0.15, 0.2) is 5.03 Å². The zero-order valence-corrected chi connectivity index (χ0v) is 11.5. The van der Waals surface area contributed by atoms with Crippen molar-refractivity contribution in [1.29, 1.82) is 0 Å². The smallest absolute Gasteiger partial charge is 0.262 e. The van der Waals surface area contributed by atoms with E-state index in [0.717, 1.165) is 0 Å². The molecule has 0 aliphatic heterocycles. The number of sulfonamides is 1. The molecule has 0 radical (unpaired) electrons. The number of rotatable bonds is 5. The number of halogens is 1. The van der Waals surface area contributed by atoms with Crippen LogP contribution >= 0.6 is 11.6 Å². The average Bonchev–Trinajstić information content (AvgIpc) is 2.54. The van der Waals surface area contributed by atoms with Crippen molar-refractivity contribution in [2.75, 3.05) is 13.2 Å². The van der Waals surface area contributed by atoms with Gasteiger partial charge in [-0.25, -0.2) is 8.42 Å². The molecule has 0 aromatic carbocycles. The molecule has 0 aliphatic rings. The van der Waals surface area contributed by atoms with Crippen LogP contribution in [0.1, 0.15) is 13.8 Å². The topological polar surface area (TPSA) is 75.4 Å². The molecule has 0 bridgehead atoms. The van der Waals surface area contributed by atoms with Gasteiger partial charge in [-0.05, 0) is 13.8 Å². The zero-order valence-electron chi connectivity index (χ0n) is 9.96. The summed E-state index contributed by atoms with van der Waals surface area (Å²) < 4.78 is 27.1. The van der Waals surface area contributed by atoms with Crippen molar-refractivity contribution in [3.63, 3.8) is 0 Å². The maximum absolute atomic E-state index is 12.3. The summed E-state index contributed by atoms with van der Waals surface area (Å²) in [6.07, 6.45) is 1.28. The minimum Gasteiger partial charge on any atom is -0.395 e. The summed E-state index contributed by atoms with van der Waals surface area (Å²) in [7, 11) is -2.23. The van der Waals surface area contributed by atoms with Gasteiger partial charge >= 0.3 is 0 Å². The molecule has 1 heterocycles. The first kappa shape index (κ1) is 14.4. The van der Waals surface area contributed by atoms with Gasteiger partial charge in [-0.1, -0.05) is 11.6 Å². The van der Waals surface area contributed by atoms with Gasteiger partial charge in [-0.2, -0.15) is 9.40 Å². The molecular formula is C9H16ClN3O3S. The van der Waals surface area contributed by atoms with Gasteiger partial charge in [-0.3, -0.25) is 4.68 Å². The normalized spacial score (nSPS) is 12.6. The molecule has 98 valence electrons. The van der Waals surface area contributed by atoms with Crippen molar-refractivity contribution < 1.29 is 13.5 Å². The highest BCUT2D eigenvalue weighted by Gasteiger charge is 2.31. The minimum absolute atomic E-state index is 0.0293. The molecule has 1 aromatic rings. The summed E-state index contributed by atoms with van der Waals surface area (Å²) in [5.74, 6) is 0. The van der Waals surface area contributed by atoms with Crippen molar-refractivity contribution in [3.8, 4) is 0 Å². The van der Waals surface area contributed by atoms with Crippen molar-refractivity contribution >= 4 is 21.6 Å². The van der Waals surface area contributed by atoms with Crippen LogP contribution in [0.25, 0.3) is 0 Å². The summed E-state index contributed by atoms with van der Waals surface area (Å²) in [5, 5.41) is 12.7. The monoisotopic (exact) mass is 281 g/mol. The second-order valence-corrected chi connectivity index (χ2v) is 6.07. The van der Waals surface area contributed by atoms with Crippen molar-refractivity contribution in [3.05, 3.63) is 11.2 Å². The van der Waals surface area contributed by atoms with Gasteiger partial charge in [0.2, 0.25) is 0 Å². The van der Waals surface area contributed by atoms with Crippen LogP contribution in [-0.4, -0.2) is 46.8 Å². The summed E-state index contributed by atoms with van der Waals surface area (Å²) >= 11 is 5.83. The van der Waals surface area contributed by atoms with Crippen LogP contribution in [0.5, 0.6) is 0 Å². The lowest BCUT2D eigenvalue weighted by Crippen LogP contribution is -2.39. The second kappa shape index (κ2) is 5.34. The number of hydrogen-bond acceptors (Lipinski definition) is 4. The first-order valence-electron chi connectivity index (χ1n) is 5.12. The molecule has 0 fully saturated rings. The fraction of sp³-hybridized carbons (Fsp3) is 0.667. The van der Waals surface area contributed by atoms with E-state index in [2.05, 4.69) is 5.10 Å². The molecule has 17 heavy (non-hydrogen) atoms. The highest BCUT2D eigenvalue weighted by Crippen LogP contribution is 2.24. The molecule has 0 atom stereocenters. The minimum atomic E-state index is -3.74. The van der Waals surface area contributed by atoms with Crippen LogP contribution in [0.15, 0.2) is 11.2 Å². The molecule has 1 N–H and O–H groups in total. The maximum atomic E-state index is 12.3. The van der Waals surface area contributed by atoms with Gasteiger partial charge in [0.25, 0.3) is 10.0 Å². The molecule has 6 nitrogen and oxygen atoms in total. The average molecular weight is 282 g/mol. The predicted molar refractivity (Wildman–Crippen MR) is 64.3 cm³/mol. The van der Waals surface area contributed by atoms with E-state index >= 15 is 0 Å². The number of aromatic nitrogens is 2. The Morgan fingerprint density at radius 1 is 1.59 bits per heavy atom. The Labute approximate surface area is 106 Å². The molecule has 1 aromatic heterocycles. The lowest BCUT2D eigenvalue weighted by atomic mass is 10.4. The number of aliphatic hydroxyl groups excluding tert-OH is 1. The fourth-order valence-electron chi connectivity index (χ4n) is 1.56. The van der Waals surface area contributed by atoms with Gasteiger partial charge in [0, 0.05) is 19.6 Å². The van der Waals surface area contributed by atoms with Crippen LogP contribution in [0, 0.1) is 0 Å². The highest BCUT2D eigenvalue weighted by atomic mass is 35.5. The van der Waals surface area contributed by atoms with Gasteiger partial charge in [-0.15, -0.1) is 0 Å². The molecule has 0 spiro atoms. The third-order valence-corrected chi connectivity index (χ3v) is 4.88. The fourth-order valence-corrected chi connectivity index (χ4v) is 3.79. The van der Waals surface area contributed by atoms with E-state index in [0.29, 0.717) is 0 Å². The Kier molecular flexibility index (Phi) is 4.54. The maximum Gasteiger partial charge on any atom is 0.262 e. The number of aliphatic hydroxyl groups is 1. The SMILES string of the molecule is CC(C)N(CCO)S(=O)(=O)c1c(Cl)cnn1C. The van der Waals surface area contributed by atoms with E-state index in [1.165, 1.54) is 22.2 Å². The third-order valence-electron chi connectivity index (χ3n) is 2.29. The van der Waals surface area contributed by atoms with E-state index in [4.69, 9.17) is 16.7 Å². The van der Waals surface area contributed by atoms with Crippen LogP contribution in [0.3, 0.4) is 0 Å². The Morgan fingerprint density at radius 2 is 2.18 bits per heavy atom. The summed E-state index contributed by atoms with van der Waals surface area (Å²) in [6.45, 7) is 3.25. The molecule has 0 amide bonds. The Morgan fingerprint density at radius 3 is 2.53 bits per heavy atom. The van der Waals surface area contributed by atoms with Crippen molar-refractivity contribution in [1.82, 2.24) is 14.1 Å².